The van der Waals surface area contributed by atoms with Gasteiger partial charge in [-0.2, -0.15) is 0 Å². The van der Waals surface area contributed by atoms with Crippen molar-refractivity contribution >= 4 is 29.1 Å². The Morgan fingerprint density at radius 1 is 0.926 bits per heavy atom. The molecular formula is C21H19N3O3. The molecule has 2 aromatic carbocycles. The Hall–Kier alpha value is -3.67. The summed E-state index contributed by atoms with van der Waals surface area (Å²) in [6.45, 7) is 2.01. The van der Waals surface area contributed by atoms with Crippen LogP contribution in [0.15, 0.2) is 66.9 Å². The quantitative estimate of drug-likeness (QED) is 0.667. The van der Waals surface area contributed by atoms with Gasteiger partial charge in [0.1, 0.15) is 5.82 Å². The summed E-state index contributed by atoms with van der Waals surface area (Å²) in [6, 6.07) is 17.8. The standard InChI is InChI=1S/C21H19N3O3/c1-14-5-3-4-6-18(14)24-19-12-9-16(13-22-19)20(25)23-17-10-7-15(8-11-17)21(26)27-2/h3-13H,1-2H3,(H,22,24)(H,23,25). The van der Waals surface area contributed by atoms with Crippen molar-refractivity contribution in [2.75, 3.05) is 17.7 Å². The van der Waals surface area contributed by atoms with Crippen LogP contribution in [0.4, 0.5) is 17.2 Å². The van der Waals surface area contributed by atoms with Crippen molar-refractivity contribution in [2.24, 2.45) is 0 Å². The van der Waals surface area contributed by atoms with Crippen LogP contribution >= 0.6 is 0 Å². The fourth-order valence-electron chi connectivity index (χ4n) is 2.46. The highest BCUT2D eigenvalue weighted by atomic mass is 16.5. The van der Waals surface area contributed by atoms with Crippen LogP contribution in [-0.4, -0.2) is 24.0 Å². The molecule has 0 aliphatic carbocycles. The van der Waals surface area contributed by atoms with E-state index in [1.54, 1.807) is 36.4 Å². The lowest BCUT2D eigenvalue weighted by Crippen LogP contribution is -2.12. The highest BCUT2D eigenvalue weighted by Crippen LogP contribution is 2.19. The second kappa shape index (κ2) is 8.14. The minimum absolute atomic E-state index is 0.282. The molecule has 6 nitrogen and oxygen atoms in total. The van der Waals surface area contributed by atoms with E-state index in [1.807, 2.05) is 31.2 Å². The summed E-state index contributed by atoms with van der Waals surface area (Å²) in [4.78, 5) is 28.1. The molecule has 3 rings (SSSR count). The van der Waals surface area contributed by atoms with Gasteiger partial charge in [-0.3, -0.25) is 4.79 Å². The van der Waals surface area contributed by atoms with E-state index in [0.717, 1.165) is 11.3 Å². The topological polar surface area (TPSA) is 80.3 Å². The Kier molecular flexibility index (Phi) is 5.47. The molecule has 0 aliphatic heterocycles. The number of nitrogens with zero attached hydrogens (tertiary/aromatic N) is 1. The first-order valence-electron chi connectivity index (χ1n) is 8.35. The minimum atomic E-state index is -0.422. The third kappa shape index (κ3) is 4.49. The van der Waals surface area contributed by atoms with Gasteiger partial charge in [0.2, 0.25) is 0 Å². The molecular weight excluding hydrogens is 342 g/mol. The Morgan fingerprint density at radius 2 is 1.63 bits per heavy atom. The van der Waals surface area contributed by atoms with Gasteiger partial charge in [0, 0.05) is 17.6 Å². The second-order valence-corrected chi connectivity index (χ2v) is 5.90. The molecule has 0 unspecified atom stereocenters. The number of esters is 1. The van der Waals surface area contributed by atoms with Crippen LogP contribution < -0.4 is 10.6 Å². The molecule has 0 atom stereocenters. The first-order valence-corrected chi connectivity index (χ1v) is 8.35. The van der Waals surface area contributed by atoms with Crippen LogP contribution in [0.3, 0.4) is 0 Å². The summed E-state index contributed by atoms with van der Waals surface area (Å²) in [7, 11) is 1.32. The number of rotatable bonds is 5. The smallest absolute Gasteiger partial charge is 0.337 e. The Morgan fingerprint density at radius 3 is 2.26 bits per heavy atom. The van der Waals surface area contributed by atoms with Crippen molar-refractivity contribution in [3.8, 4) is 0 Å². The van der Waals surface area contributed by atoms with E-state index < -0.39 is 5.97 Å². The van der Waals surface area contributed by atoms with Crippen LogP contribution in [0, 0.1) is 6.92 Å². The number of para-hydroxylation sites is 1. The molecule has 0 spiro atoms. The van der Waals surface area contributed by atoms with Crippen LogP contribution in [0.1, 0.15) is 26.3 Å². The molecule has 136 valence electrons. The maximum absolute atomic E-state index is 12.3. The third-order valence-electron chi connectivity index (χ3n) is 4.00. The SMILES string of the molecule is COC(=O)c1ccc(NC(=O)c2ccc(Nc3ccccc3C)nc2)cc1. The van der Waals surface area contributed by atoms with Crippen molar-refractivity contribution in [2.45, 2.75) is 6.92 Å². The number of hydrogen-bond acceptors (Lipinski definition) is 5. The van der Waals surface area contributed by atoms with Gasteiger partial charge in [-0.25, -0.2) is 9.78 Å². The molecule has 1 aromatic heterocycles. The van der Waals surface area contributed by atoms with Gasteiger partial charge in [-0.15, -0.1) is 0 Å². The Balaban J connectivity index is 1.65. The van der Waals surface area contributed by atoms with Crippen molar-refractivity contribution in [1.29, 1.82) is 0 Å². The predicted molar refractivity (Wildman–Crippen MR) is 104 cm³/mol. The monoisotopic (exact) mass is 361 g/mol. The van der Waals surface area contributed by atoms with Crippen molar-refractivity contribution in [1.82, 2.24) is 4.98 Å². The number of anilines is 3. The number of ether oxygens (including phenoxy) is 1. The number of pyridine rings is 1. The lowest BCUT2D eigenvalue weighted by atomic mass is 10.2. The molecule has 0 saturated carbocycles. The number of nitrogens with one attached hydrogen (secondary N) is 2. The number of carbonyl (C=O) groups excluding carboxylic acids is 2. The van der Waals surface area contributed by atoms with E-state index in [1.165, 1.54) is 13.3 Å². The molecule has 1 heterocycles. The van der Waals surface area contributed by atoms with E-state index in [2.05, 4.69) is 20.4 Å². The molecule has 0 radical (unpaired) electrons. The lowest BCUT2D eigenvalue weighted by molar-refractivity contribution is 0.0600. The fourth-order valence-corrected chi connectivity index (χ4v) is 2.46. The van der Waals surface area contributed by atoms with Crippen molar-refractivity contribution < 1.29 is 14.3 Å². The van der Waals surface area contributed by atoms with Gasteiger partial charge < -0.3 is 15.4 Å². The summed E-state index contributed by atoms with van der Waals surface area (Å²) in [6.07, 6.45) is 1.51. The zero-order valence-corrected chi connectivity index (χ0v) is 15.0. The number of methoxy groups -OCH3 is 1. The molecule has 1 amide bonds. The molecule has 0 saturated heterocycles. The number of benzene rings is 2. The van der Waals surface area contributed by atoms with Crippen molar-refractivity contribution in [3.05, 3.63) is 83.6 Å². The number of hydrogen-bond donors (Lipinski definition) is 2. The van der Waals surface area contributed by atoms with E-state index in [-0.39, 0.29) is 5.91 Å². The van der Waals surface area contributed by atoms with Gasteiger partial charge in [0.25, 0.3) is 5.91 Å². The maximum Gasteiger partial charge on any atom is 0.337 e. The summed E-state index contributed by atoms with van der Waals surface area (Å²) in [5.41, 5.74) is 3.50. The number of amides is 1. The first-order chi connectivity index (χ1) is 13.1. The van der Waals surface area contributed by atoms with E-state index in [9.17, 15) is 9.59 Å². The van der Waals surface area contributed by atoms with E-state index >= 15 is 0 Å². The number of aryl methyl sites for hydroxylation is 1. The van der Waals surface area contributed by atoms with Gasteiger partial charge >= 0.3 is 5.97 Å². The molecule has 0 aliphatic rings. The average molecular weight is 361 g/mol. The fraction of sp³-hybridized carbons (Fsp3) is 0.0952. The molecule has 0 fully saturated rings. The van der Waals surface area contributed by atoms with Gasteiger partial charge in [-0.1, -0.05) is 18.2 Å². The normalized spacial score (nSPS) is 10.1. The Bertz CT molecular complexity index is 951. The lowest BCUT2D eigenvalue weighted by Gasteiger charge is -2.09. The molecule has 0 bridgehead atoms. The molecule has 6 heteroatoms. The maximum atomic E-state index is 12.3. The van der Waals surface area contributed by atoms with Crippen LogP contribution in [-0.2, 0) is 4.74 Å². The molecule has 3 aromatic rings. The highest BCUT2D eigenvalue weighted by molar-refractivity contribution is 6.04. The van der Waals surface area contributed by atoms with E-state index in [4.69, 9.17) is 0 Å². The average Bonchev–Trinajstić information content (AvgIpc) is 2.70. The van der Waals surface area contributed by atoms with Gasteiger partial charge in [0.15, 0.2) is 0 Å². The summed E-state index contributed by atoms with van der Waals surface area (Å²) < 4.78 is 4.65. The molecule has 2 N–H and O–H groups in total. The predicted octanol–water partition coefficient (Wildman–Crippen LogP) is 4.17. The third-order valence-corrected chi connectivity index (χ3v) is 4.00. The van der Waals surface area contributed by atoms with Crippen molar-refractivity contribution in [3.63, 3.8) is 0 Å². The van der Waals surface area contributed by atoms with Gasteiger partial charge in [0.05, 0.1) is 18.2 Å². The Labute approximate surface area is 157 Å². The second-order valence-electron chi connectivity index (χ2n) is 5.90. The summed E-state index contributed by atoms with van der Waals surface area (Å²) in [5.74, 6) is -0.0483. The van der Waals surface area contributed by atoms with Crippen LogP contribution in [0.25, 0.3) is 0 Å². The number of aromatic nitrogens is 1. The van der Waals surface area contributed by atoms with Crippen LogP contribution in [0.5, 0.6) is 0 Å². The van der Waals surface area contributed by atoms with Crippen LogP contribution in [0.2, 0.25) is 0 Å². The number of carbonyl (C=O) groups is 2. The largest absolute Gasteiger partial charge is 0.465 e. The summed E-state index contributed by atoms with van der Waals surface area (Å²) in [5, 5.41) is 5.99. The zero-order chi connectivity index (χ0) is 19.2. The highest BCUT2D eigenvalue weighted by Gasteiger charge is 2.09. The first kappa shape index (κ1) is 18.1. The zero-order valence-electron chi connectivity index (χ0n) is 15.0. The van der Waals surface area contributed by atoms with E-state index in [0.29, 0.717) is 22.6 Å². The molecule has 27 heavy (non-hydrogen) atoms. The summed E-state index contributed by atoms with van der Waals surface area (Å²) >= 11 is 0. The minimum Gasteiger partial charge on any atom is -0.465 e. The van der Waals surface area contributed by atoms with Gasteiger partial charge in [-0.05, 0) is 55.0 Å².